The molecule has 2 bridgehead atoms. The molecule has 3 aliphatic rings. The number of anilines is 1. The second kappa shape index (κ2) is 7.52. The van der Waals surface area contributed by atoms with E-state index in [9.17, 15) is 9.59 Å². The lowest BCUT2D eigenvalue weighted by Gasteiger charge is -2.52. The van der Waals surface area contributed by atoms with E-state index in [4.69, 9.17) is 4.74 Å². The Hall–Kier alpha value is -2.45. The molecule has 3 aliphatic heterocycles. The van der Waals surface area contributed by atoms with E-state index >= 15 is 0 Å². The van der Waals surface area contributed by atoms with Crippen LogP contribution in [0.25, 0.3) is 0 Å². The van der Waals surface area contributed by atoms with Crippen molar-refractivity contribution >= 4 is 28.3 Å². The monoisotopic (exact) mass is 400 g/mol. The van der Waals surface area contributed by atoms with Gasteiger partial charge in [0.15, 0.2) is 0 Å². The van der Waals surface area contributed by atoms with Crippen LogP contribution < -0.4 is 15.4 Å². The maximum atomic E-state index is 12.7. The zero-order chi connectivity index (χ0) is 19.7. The van der Waals surface area contributed by atoms with Crippen LogP contribution in [0.2, 0.25) is 0 Å². The smallest absolute Gasteiger partial charge is 0.252 e. The summed E-state index contributed by atoms with van der Waals surface area (Å²) in [6.45, 7) is 5.69. The molecule has 0 saturated carbocycles. The number of ether oxygens (including phenoxy) is 1. The topological polar surface area (TPSA) is 83.6 Å². The second-order valence-electron chi connectivity index (χ2n) is 7.70. The number of carbonyl (C=O) groups excluding carboxylic acids is 2. The molecule has 2 amide bonds. The minimum atomic E-state index is -0.256. The highest BCUT2D eigenvalue weighted by molar-refractivity contribution is 7.10. The average molecular weight is 401 g/mol. The third-order valence-electron chi connectivity index (χ3n) is 5.51. The first-order chi connectivity index (χ1) is 13.4. The van der Waals surface area contributed by atoms with E-state index in [0.717, 1.165) is 31.0 Å². The molecule has 1 atom stereocenters. The molecule has 1 aromatic heterocycles. The maximum Gasteiger partial charge on any atom is 0.252 e. The van der Waals surface area contributed by atoms with Crippen LogP contribution in [0.3, 0.4) is 0 Å². The largest absolute Gasteiger partial charge is 0.438 e. The Morgan fingerprint density at radius 1 is 1.25 bits per heavy atom. The van der Waals surface area contributed by atoms with Crippen molar-refractivity contribution in [3.8, 4) is 11.6 Å². The molecule has 3 fully saturated rings. The number of nitrogens with one attached hydrogen (secondary N) is 2. The highest BCUT2D eigenvalue weighted by atomic mass is 32.1. The number of hydrogen-bond acceptors (Lipinski definition) is 6. The summed E-state index contributed by atoms with van der Waals surface area (Å²) in [6, 6.07) is 8.68. The van der Waals surface area contributed by atoms with Crippen LogP contribution >= 0.6 is 11.5 Å². The Bertz CT molecular complexity index is 874. The van der Waals surface area contributed by atoms with E-state index in [1.807, 2.05) is 0 Å². The summed E-state index contributed by atoms with van der Waals surface area (Å²) in [5, 5.41) is 6.53. The minimum absolute atomic E-state index is 0.0665. The van der Waals surface area contributed by atoms with Gasteiger partial charge in [-0.25, -0.2) is 0 Å². The molecule has 3 saturated heterocycles. The van der Waals surface area contributed by atoms with Crippen LogP contribution in [0, 0.1) is 5.92 Å². The lowest BCUT2D eigenvalue weighted by Crippen LogP contribution is -2.65. The number of aromatic nitrogens is 1. The van der Waals surface area contributed by atoms with Crippen molar-refractivity contribution in [1.82, 2.24) is 14.6 Å². The van der Waals surface area contributed by atoms with Crippen LogP contribution in [0.15, 0.2) is 30.3 Å². The standard InChI is InChI=1S/C20H24N4O3S/c1-13(25)21-18-11-17(23-28-18)27-16-5-3-15(4-6-16)19(26)22-20(2)12-14-7-9-24(20)10-8-14/h3-6,11,14H,7-10,12H2,1-2H3,(H,21,25)(H,22,26)/t20-/m0/s1. The van der Waals surface area contributed by atoms with Gasteiger partial charge in [0.2, 0.25) is 11.8 Å². The molecule has 28 heavy (non-hydrogen) atoms. The van der Waals surface area contributed by atoms with Gasteiger partial charge in [0.25, 0.3) is 5.91 Å². The van der Waals surface area contributed by atoms with Crippen molar-refractivity contribution in [3.63, 3.8) is 0 Å². The minimum Gasteiger partial charge on any atom is -0.438 e. The number of rotatable bonds is 5. The molecule has 2 N–H and O–H groups in total. The molecule has 0 spiro atoms. The molecule has 7 nitrogen and oxygen atoms in total. The van der Waals surface area contributed by atoms with E-state index < -0.39 is 0 Å². The van der Waals surface area contributed by atoms with Crippen molar-refractivity contribution in [2.75, 3.05) is 18.4 Å². The molecule has 8 heteroatoms. The summed E-state index contributed by atoms with van der Waals surface area (Å²) in [7, 11) is 0. The Morgan fingerprint density at radius 3 is 2.57 bits per heavy atom. The summed E-state index contributed by atoms with van der Waals surface area (Å²) in [5.74, 6) is 1.49. The molecule has 1 aromatic carbocycles. The van der Waals surface area contributed by atoms with E-state index in [0.29, 0.717) is 28.1 Å². The molecule has 0 radical (unpaired) electrons. The van der Waals surface area contributed by atoms with Crippen molar-refractivity contribution in [3.05, 3.63) is 35.9 Å². The predicted octanol–water partition coefficient (Wildman–Crippen LogP) is 3.46. The van der Waals surface area contributed by atoms with Gasteiger partial charge in [0.05, 0.1) is 5.66 Å². The fraction of sp³-hybridized carbons (Fsp3) is 0.450. The van der Waals surface area contributed by atoms with Crippen molar-refractivity contribution in [2.24, 2.45) is 5.92 Å². The van der Waals surface area contributed by atoms with E-state index in [2.05, 4.69) is 26.8 Å². The Labute approximate surface area is 168 Å². The van der Waals surface area contributed by atoms with Crippen molar-refractivity contribution < 1.29 is 14.3 Å². The Kier molecular flexibility index (Phi) is 5.07. The quantitative estimate of drug-likeness (QED) is 0.803. The number of nitrogens with zero attached hydrogens (tertiary/aromatic N) is 2. The molecule has 4 heterocycles. The predicted molar refractivity (Wildman–Crippen MR) is 108 cm³/mol. The zero-order valence-corrected chi connectivity index (χ0v) is 16.8. The number of carbonyl (C=O) groups is 2. The summed E-state index contributed by atoms with van der Waals surface area (Å²) in [5.41, 5.74) is 0.349. The first kappa shape index (κ1) is 18.9. The maximum absolute atomic E-state index is 12.7. The molecule has 148 valence electrons. The first-order valence-corrected chi connectivity index (χ1v) is 10.3. The van der Waals surface area contributed by atoms with E-state index in [1.165, 1.54) is 19.8 Å². The molecule has 5 rings (SSSR count). The highest BCUT2D eigenvalue weighted by Crippen LogP contribution is 2.37. The SMILES string of the molecule is CC(=O)Nc1cc(Oc2ccc(C(=O)N[C@]3(C)CC4CCN3CC4)cc2)ns1. The fourth-order valence-corrected chi connectivity index (χ4v) is 4.72. The molecular formula is C20H24N4O3S. The summed E-state index contributed by atoms with van der Waals surface area (Å²) >= 11 is 1.15. The molecule has 2 aromatic rings. The van der Waals surface area contributed by atoms with Gasteiger partial charge in [-0.2, -0.15) is 4.37 Å². The van der Waals surface area contributed by atoms with Crippen LogP contribution in [-0.4, -0.2) is 39.8 Å². The van der Waals surface area contributed by atoms with Crippen LogP contribution in [0.4, 0.5) is 5.00 Å². The first-order valence-electron chi connectivity index (χ1n) is 9.51. The Balaban J connectivity index is 1.38. The number of fused-ring (bicyclic) bond motifs is 3. The number of hydrogen-bond donors (Lipinski definition) is 2. The molecular weight excluding hydrogens is 376 g/mol. The molecule has 0 unspecified atom stereocenters. The van der Waals surface area contributed by atoms with Gasteiger partial charge in [0, 0.05) is 31.6 Å². The number of benzene rings is 1. The number of piperidine rings is 3. The lowest BCUT2D eigenvalue weighted by molar-refractivity contribution is -0.114. The summed E-state index contributed by atoms with van der Waals surface area (Å²) in [6.07, 6.45) is 3.48. The third kappa shape index (κ3) is 4.02. The van der Waals surface area contributed by atoms with Gasteiger partial charge in [0.1, 0.15) is 10.8 Å². The van der Waals surface area contributed by atoms with Gasteiger partial charge in [-0.1, -0.05) is 0 Å². The van der Waals surface area contributed by atoms with Crippen LogP contribution in [0.5, 0.6) is 11.6 Å². The van der Waals surface area contributed by atoms with Gasteiger partial charge in [-0.15, -0.1) is 0 Å². The zero-order valence-electron chi connectivity index (χ0n) is 16.0. The lowest BCUT2D eigenvalue weighted by atomic mass is 9.80. The molecule has 0 aliphatic carbocycles. The Morgan fingerprint density at radius 2 is 1.96 bits per heavy atom. The average Bonchev–Trinajstić information content (AvgIpc) is 3.08. The normalized spacial score (nSPS) is 25.9. The fourth-order valence-electron chi connectivity index (χ4n) is 4.10. The summed E-state index contributed by atoms with van der Waals surface area (Å²) in [4.78, 5) is 26.2. The third-order valence-corrected chi connectivity index (χ3v) is 6.20. The van der Waals surface area contributed by atoms with Gasteiger partial charge >= 0.3 is 0 Å². The van der Waals surface area contributed by atoms with Gasteiger partial charge < -0.3 is 15.4 Å². The van der Waals surface area contributed by atoms with Crippen molar-refractivity contribution in [2.45, 2.75) is 38.8 Å². The highest BCUT2D eigenvalue weighted by Gasteiger charge is 2.43. The van der Waals surface area contributed by atoms with E-state index in [-0.39, 0.29) is 17.5 Å². The summed E-state index contributed by atoms with van der Waals surface area (Å²) < 4.78 is 9.84. The van der Waals surface area contributed by atoms with Crippen LogP contribution in [-0.2, 0) is 4.79 Å². The van der Waals surface area contributed by atoms with Crippen molar-refractivity contribution in [1.29, 1.82) is 0 Å². The van der Waals surface area contributed by atoms with Gasteiger partial charge in [-0.05, 0) is 67.9 Å². The number of amides is 2. The van der Waals surface area contributed by atoms with Crippen LogP contribution in [0.1, 0.15) is 43.5 Å². The van der Waals surface area contributed by atoms with Gasteiger partial charge in [-0.3, -0.25) is 14.5 Å². The second-order valence-corrected chi connectivity index (χ2v) is 8.50. The van der Waals surface area contributed by atoms with E-state index in [1.54, 1.807) is 30.3 Å².